The lowest BCUT2D eigenvalue weighted by atomic mass is 9.81. The molecule has 136 valence electrons. The summed E-state index contributed by atoms with van der Waals surface area (Å²) < 4.78 is 17.1. The highest BCUT2D eigenvalue weighted by molar-refractivity contribution is 5.80. The summed E-state index contributed by atoms with van der Waals surface area (Å²) in [5.41, 5.74) is 0.863. The molecule has 1 aromatic carbocycles. The van der Waals surface area contributed by atoms with Crippen LogP contribution in [0.3, 0.4) is 0 Å². The molecule has 5 nitrogen and oxygen atoms in total. The van der Waals surface area contributed by atoms with Crippen LogP contribution in [0.2, 0.25) is 0 Å². The number of hydrogen-bond donors (Lipinski definition) is 0. The smallest absolute Gasteiger partial charge is 0.227 e. The van der Waals surface area contributed by atoms with E-state index in [1.165, 1.54) is 12.8 Å². The number of hydrogen-bond acceptors (Lipinski definition) is 4. The number of ether oxygens (including phenoxy) is 3. The summed E-state index contributed by atoms with van der Waals surface area (Å²) in [5, 5.41) is 0. The first-order valence-electron chi connectivity index (χ1n) is 9.31. The van der Waals surface area contributed by atoms with E-state index in [0.717, 1.165) is 43.5 Å². The van der Waals surface area contributed by atoms with Gasteiger partial charge in [-0.1, -0.05) is 12.1 Å². The van der Waals surface area contributed by atoms with Gasteiger partial charge in [-0.05, 0) is 42.9 Å². The van der Waals surface area contributed by atoms with Gasteiger partial charge in [-0.3, -0.25) is 4.79 Å². The zero-order valence-electron chi connectivity index (χ0n) is 14.9. The van der Waals surface area contributed by atoms with Crippen molar-refractivity contribution in [1.29, 1.82) is 0 Å². The van der Waals surface area contributed by atoms with Gasteiger partial charge in [0, 0.05) is 19.1 Å². The predicted molar refractivity (Wildman–Crippen MR) is 93.6 cm³/mol. The van der Waals surface area contributed by atoms with Crippen LogP contribution in [0, 0.1) is 11.8 Å². The van der Waals surface area contributed by atoms with E-state index >= 15 is 0 Å². The van der Waals surface area contributed by atoms with E-state index in [9.17, 15) is 4.79 Å². The van der Waals surface area contributed by atoms with E-state index in [1.54, 1.807) is 7.11 Å². The second-order valence-corrected chi connectivity index (χ2v) is 7.65. The number of benzene rings is 1. The Hall–Kier alpha value is -1.59. The minimum absolute atomic E-state index is 0.154. The number of carbonyl (C=O) groups is 1. The van der Waals surface area contributed by atoms with Crippen LogP contribution in [0.4, 0.5) is 0 Å². The van der Waals surface area contributed by atoms with Crippen LogP contribution < -0.4 is 4.74 Å². The highest BCUT2D eigenvalue weighted by Gasteiger charge is 2.54. The molecule has 1 atom stereocenters. The number of carbonyl (C=O) groups excluding carboxylic acids is 1. The molecular formula is C20H27NO4. The van der Waals surface area contributed by atoms with Crippen molar-refractivity contribution in [1.82, 2.24) is 4.90 Å². The van der Waals surface area contributed by atoms with Crippen LogP contribution in [0.1, 0.15) is 24.8 Å². The molecule has 0 bridgehead atoms. The Balaban J connectivity index is 1.26. The zero-order valence-corrected chi connectivity index (χ0v) is 14.9. The van der Waals surface area contributed by atoms with Gasteiger partial charge >= 0.3 is 0 Å². The fourth-order valence-corrected chi connectivity index (χ4v) is 3.84. The van der Waals surface area contributed by atoms with Crippen molar-refractivity contribution < 1.29 is 19.0 Å². The summed E-state index contributed by atoms with van der Waals surface area (Å²) in [6.45, 7) is 3.88. The highest BCUT2D eigenvalue weighted by Crippen LogP contribution is 2.40. The van der Waals surface area contributed by atoms with Crippen LogP contribution in [-0.2, 0) is 20.7 Å². The molecule has 0 aromatic heterocycles. The normalized spacial score (nSPS) is 24.4. The molecule has 3 fully saturated rings. The molecule has 1 saturated carbocycles. The van der Waals surface area contributed by atoms with Crippen molar-refractivity contribution in [2.24, 2.45) is 11.8 Å². The second-order valence-electron chi connectivity index (χ2n) is 7.65. The molecule has 2 aliphatic heterocycles. The summed E-state index contributed by atoms with van der Waals surface area (Å²) in [4.78, 5) is 14.4. The van der Waals surface area contributed by atoms with Gasteiger partial charge in [0.05, 0.1) is 33.2 Å². The molecule has 25 heavy (non-hydrogen) atoms. The summed E-state index contributed by atoms with van der Waals surface area (Å²) in [5.74, 6) is 2.20. The lowest BCUT2D eigenvalue weighted by Gasteiger charge is -2.50. The highest BCUT2D eigenvalue weighted by atomic mass is 16.5. The van der Waals surface area contributed by atoms with Crippen molar-refractivity contribution in [2.75, 3.05) is 40.0 Å². The lowest BCUT2D eigenvalue weighted by molar-refractivity contribution is -0.168. The molecule has 4 rings (SSSR count). The first-order chi connectivity index (χ1) is 12.2. The third kappa shape index (κ3) is 3.67. The minimum Gasteiger partial charge on any atom is -0.497 e. The van der Waals surface area contributed by atoms with E-state index < -0.39 is 0 Å². The minimum atomic E-state index is -0.154. The lowest BCUT2D eigenvalue weighted by Crippen LogP contribution is -2.66. The predicted octanol–water partition coefficient (Wildman–Crippen LogP) is 2.28. The van der Waals surface area contributed by atoms with Gasteiger partial charge in [-0.15, -0.1) is 0 Å². The Labute approximate surface area is 149 Å². The Morgan fingerprint density at radius 1 is 1.20 bits per heavy atom. The number of nitrogens with zero attached hydrogens (tertiary/aromatic N) is 1. The summed E-state index contributed by atoms with van der Waals surface area (Å²) in [7, 11) is 1.64. The van der Waals surface area contributed by atoms with Gasteiger partial charge in [0.2, 0.25) is 5.91 Å². The zero-order chi connectivity index (χ0) is 17.3. The van der Waals surface area contributed by atoms with E-state index in [-0.39, 0.29) is 11.5 Å². The van der Waals surface area contributed by atoms with Crippen LogP contribution >= 0.6 is 0 Å². The molecule has 0 unspecified atom stereocenters. The fourth-order valence-electron chi connectivity index (χ4n) is 3.84. The van der Waals surface area contributed by atoms with Crippen LogP contribution in [0.25, 0.3) is 0 Å². The van der Waals surface area contributed by atoms with E-state index in [0.29, 0.717) is 25.4 Å². The standard InChI is InChI=1S/C20H27NO4/c1-23-18-6-4-15(5-7-18)10-19(22)21-13-20(14-21)17(8-9-25-20)12-24-11-16-2-3-16/h4-7,16-17H,2-3,8-14H2,1H3/t17-/m1/s1. The summed E-state index contributed by atoms with van der Waals surface area (Å²) in [6, 6.07) is 7.70. The average molecular weight is 345 g/mol. The van der Waals surface area contributed by atoms with Crippen molar-refractivity contribution in [3.8, 4) is 5.75 Å². The van der Waals surface area contributed by atoms with Gasteiger partial charge in [0.1, 0.15) is 11.4 Å². The molecule has 1 spiro atoms. The maximum atomic E-state index is 12.5. The summed E-state index contributed by atoms with van der Waals surface area (Å²) in [6.07, 6.45) is 4.12. The van der Waals surface area contributed by atoms with Crippen molar-refractivity contribution in [3.63, 3.8) is 0 Å². The summed E-state index contributed by atoms with van der Waals surface area (Å²) >= 11 is 0. The Kier molecular flexibility index (Phi) is 4.69. The van der Waals surface area contributed by atoms with Gasteiger partial charge < -0.3 is 19.1 Å². The van der Waals surface area contributed by atoms with E-state index in [1.807, 2.05) is 29.2 Å². The largest absolute Gasteiger partial charge is 0.497 e. The maximum Gasteiger partial charge on any atom is 0.227 e. The first kappa shape index (κ1) is 16.9. The van der Waals surface area contributed by atoms with Crippen LogP contribution in [0.5, 0.6) is 5.75 Å². The SMILES string of the molecule is COc1ccc(CC(=O)N2CC3(C2)OCC[C@@H]3COCC2CC2)cc1. The van der Waals surface area contributed by atoms with Crippen molar-refractivity contribution >= 4 is 5.91 Å². The molecule has 0 N–H and O–H groups in total. The number of amides is 1. The first-order valence-corrected chi connectivity index (χ1v) is 9.31. The van der Waals surface area contributed by atoms with Crippen LogP contribution in [-0.4, -0.2) is 56.4 Å². The Morgan fingerprint density at radius 3 is 2.64 bits per heavy atom. The molecule has 1 aromatic rings. The third-order valence-corrected chi connectivity index (χ3v) is 5.75. The molecule has 2 saturated heterocycles. The van der Waals surface area contributed by atoms with Gasteiger partial charge in [0.25, 0.3) is 0 Å². The molecule has 2 heterocycles. The quantitative estimate of drug-likeness (QED) is 0.761. The number of rotatable bonds is 7. The van der Waals surface area contributed by atoms with Gasteiger partial charge in [0.15, 0.2) is 0 Å². The Morgan fingerprint density at radius 2 is 1.96 bits per heavy atom. The monoisotopic (exact) mass is 345 g/mol. The number of methoxy groups -OCH3 is 1. The van der Waals surface area contributed by atoms with Crippen LogP contribution in [0.15, 0.2) is 24.3 Å². The average Bonchev–Trinajstić information content (AvgIpc) is 3.31. The third-order valence-electron chi connectivity index (χ3n) is 5.75. The molecule has 3 aliphatic rings. The Bertz CT molecular complexity index is 605. The molecule has 1 aliphatic carbocycles. The molecular weight excluding hydrogens is 318 g/mol. The maximum absolute atomic E-state index is 12.5. The second kappa shape index (κ2) is 6.96. The van der Waals surface area contributed by atoms with Gasteiger partial charge in [-0.2, -0.15) is 0 Å². The topological polar surface area (TPSA) is 48.0 Å². The van der Waals surface area contributed by atoms with E-state index in [4.69, 9.17) is 14.2 Å². The van der Waals surface area contributed by atoms with Crippen molar-refractivity contribution in [3.05, 3.63) is 29.8 Å². The van der Waals surface area contributed by atoms with Gasteiger partial charge in [-0.25, -0.2) is 0 Å². The molecule has 0 radical (unpaired) electrons. The van der Waals surface area contributed by atoms with E-state index in [2.05, 4.69) is 0 Å². The molecule has 5 heteroatoms. The fraction of sp³-hybridized carbons (Fsp3) is 0.650. The molecule has 1 amide bonds. The van der Waals surface area contributed by atoms with Crippen molar-refractivity contribution in [2.45, 2.75) is 31.3 Å². The number of likely N-dealkylation sites (tertiary alicyclic amines) is 1.